The van der Waals surface area contributed by atoms with Gasteiger partial charge < -0.3 is 18.4 Å². The Balaban J connectivity index is 3.52. The Morgan fingerprint density at radius 1 is 0.500 bits per heavy atom. The van der Waals surface area contributed by atoms with Gasteiger partial charge in [-0.3, -0.25) is 0 Å². The van der Waals surface area contributed by atoms with Crippen LogP contribution in [0, 0.1) is 0 Å². The minimum absolute atomic E-state index is 0.353. The maximum atomic E-state index is 8.74. The van der Waals surface area contributed by atoms with Gasteiger partial charge >= 0.3 is 8.80 Å². The molecule has 0 aromatic rings. The third kappa shape index (κ3) is 15.1. The van der Waals surface area contributed by atoms with E-state index in [0.717, 1.165) is 18.9 Å². The second-order valence-corrected chi connectivity index (χ2v) is 9.78. The molecule has 0 saturated heterocycles. The maximum absolute atomic E-state index is 8.74. The van der Waals surface area contributed by atoms with Crippen LogP contribution in [0.25, 0.3) is 0 Å². The largest absolute Gasteiger partial charge is 0.500 e. The predicted molar refractivity (Wildman–Crippen MR) is 113 cm³/mol. The number of unbranched alkanes of at least 4 members (excludes halogenated alkanes) is 12. The van der Waals surface area contributed by atoms with Gasteiger partial charge in [-0.15, -0.1) is 0 Å². The van der Waals surface area contributed by atoms with Crippen LogP contribution in [0.4, 0.5) is 0 Å². The summed E-state index contributed by atoms with van der Waals surface area (Å²) in [5.41, 5.74) is 0. The molecule has 4 nitrogen and oxygen atoms in total. The highest BCUT2D eigenvalue weighted by Crippen LogP contribution is 2.21. The Morgan fingerprint density at radius 3 is 1.12 bits per heavy atom. The summed E-state index contributed by atoms with van der Waals surface area (Å²) in [6.07, 6.45) is 16.7. The molecule has 0 heterocycles. The molecular formula is C21H46O4Si. The zero-order chi connectivity index (χ0) is 19.3. The highest BCUT2D eigenvalue weighted by Gasteiger charge is 2.39. The molecule has 26 heavy (non-hydrogen) atoms. The standard InChI is InChI=1S/C21H46O4Si/c1-4-23-26(24-5-2,25-6-3)21-19-17-15-13-11-9-7-8-10-12-14-16-18-20-22/h22H,4-21H2,1-3H3. The van der Waals surface area contributed by atoms with E-state index in [1.807, 2.05) is 20.8 Å². The van der Waals surface area contributed by atoms with Crippen LogP contribution in [0.3, 0.4) is 0 Å². The van der Waals surface area contributed by atoms with Crippen LogP contribution in [0.5, 0.6) is 0 Å². The molecule has 0 spiro atoms. The molecule has 0 aromatic heterocycles. The number of hydrogen-bond acceptors (Lipinski definition) is 4. The molecule has 158 valence electrons. The van der Waals surface area contributed by atoms with E-state index in [1.165, 1.54) is 70.6 Å². The van der Waals surface area contributed by atoms with Crippen LogP contribution in [0.2, 0.25) is 6.04 Å². The molecule has 0 aliphatic carbocycles. The van der Waals surface area contributed by atoms with Crippen molar-refractivity contribution in [3.63, 3.8) is 0 Å². The van der Waals surface area contributed by atoms with Gasteiger partial charge in [0.15, 0.2) is 0 Å². The highest BCUT2D eigenvalue weighted by molar-refractivity contribution is 6.60. The second-order valence-electron chi connectivity index (χ2n) is 7.05. The zero-order valence-corrected chi connectivity index (χ0v) is 18.9. The molecule has 0 aliphatic heterocycles. The van der Waals surface area contributed by atoms with Gasteiger partial charge in [0.2, 0.25) is 0 Å². The van der Waals surface area contributed by atoms with Gasteiger partial charge in [0.05, 0.1) is 0 Å². The molecular weight excluding hydrogens is 344 g/mol. The molecule has 0 bridgehead atoms. The van der Waals surface area contributed by atoms with Gasteiger partial charge in [0.25, 0.3) is 0 Å². The maximum Gasteiger partial charge on any atom is 0.500 e. The first-order valence-electron chi connectivity index (χ1n) is 11.3. The van der Waals surface area contributed by atoms with Crippen molar-refractivity contribution < 1.29 is 18.4 Å². The van der Waals surface area contributed by atoms with Gasteiger partial charge in [0.1, 0.15) is 0 Å². The van der Waals surface area contributed by atoms with Crippen LogP contribution in [0.1, 0.15) is 104 Å². The smallest absolute Gasteiger partial charge is 0.396 e. The first-order chi connectivity index (χ1) is 12.7. The van der Waals surface area contributed by atoms with Gasteiger partial charge in [-0.05, 0) is 33.6 Å². The summed E-state index contributed by atoms with van der Waals surface area (Å²) >= 11 is 0. The van der Waals surface area contributed by atoms with Crippen molar-refractivity contribution in [2.75, 3.05) is 26.4 Å². The summed E-state index contributed by atoms with van der Waals surface area (Å²) in [4.78, 5) is 0. The van der Waals surface area contributed by atoms with E-state index < -0.39 is 8.80 Å². The van der Waals surface area contributed by atoms with Crippen LogP contribution in [0.15, 0.2) is 0 Å². The Bertz CT molecular complexity index is 260. The molecule has 1 N–H and O–H groups in total. The SMILES string of the molecule is CCO[Si](CCCCCCCCCCCCCCCO)(OCC)OCC. The average molecular weight is 391 g/mol. The molecule has 0 radical (unpaired) electrons. The highest BCUT2D eigenvalue weighted by atomic mass is 28.4. The average Bonchev–Trinajstić information content (AvgIpc) is 2.63. The second kappa shape index (κ2) is 19.8. The van der Waals surface area contributed by atoms with Gasteiger partial charge in [-0.1, -0.05) is 70.6 Å². The number of rotatable bonds is 21. The van der Waals surface area contributed by atoms with Crippen molar-refractivity contribution in [2.24, 2.45) is 0 Å². The third-order valence-electron chi connectivity index (χ3n) is 4.73. The lowest BCUT2D eigenvalue weighted by Crippen LogP contribution is -2.45. The fourth-order valence-electron chi connectivity index (χ4n) is 3.40. The molecule has 0 rings (SSSR count). The molecule has 0 unspecified atom stereocenters. The van der Waals surface area contributed by atoms with Gasteiger partial charge in [-0.25, -0.2) is 0 Å². The lowest BCUT2D eigenvalue weighted by molar-refractivity contribution is 0.0706. The predicted octanol–water partition coefficient (Wildman–Crippen LogP) is 6.10. The minimum atomic E-state index is -2.41. The van der Waals surface area contributed by atoms with E-state index in [-0.39, 0.29) is 0 Å². The van der Waals surface area contributed by atoms with Crippen molar-refractivity contribution in [1.82, 2.24) is 0 Å². The Kier molecular flexibility index (Phi) is 19.9. The first-order valence-corrected chi connectivity index (χ1v) is 13.2. The lowest BCUT2D eigenvalue weighted by atomic mass is 10.0. The summed E-state index contributed by atoms with van der Waals surface area (Å²) in [7, 11) is -2.41. The van der Waals surface area contributed by atoms with E-state index in [0.29, 0.717) is 26.4 Å². The van der Waals surface area contributed by atoms with E-state index in [4.69, 9.17) is 18.4 Å². The molecule has 0 amide bonds. The molecule has 0 atom stereocenters. The van der Waals surface area contributed by atoms with Gasteiger partial charge in [0, 0.05) is 32.5 Å². The van der Waals surface area contributed by atoms with Crippen molar-refractivity contribution >= 4 is 8.80 Å². The van der Waals surface area contributed by atoms with Crippen LogP contribution in [-0.4, -0.2) is 40.3 Å². The van der Waals surface area contributed by atoms with E-state index >= 15 is 0 Å². The van der Waals surface area contributed by atoms with Crippen molar-refractivity contribution in [3.8, 4) is 0 Å². The van der Waals surface area contributed by atoms with Crippen LogP contribution >= 0.6 is 0 Å². The van der Waals surface area contributed by atoms with E-state index in [1.54, 1.807) is 0 Å². The number of aliphatic hydroxyl groups is 1. The topological polar surface area (TPSA) is 47.9 Å². The Morgan fingerprint density at radius 2 is 0.808 bits per heavy atom. The minimum Gasteiger partial charge on any atom is -0.396 e. The van der Waals surface area contributed by atoms with Crippen LogP contribution in [-0.2, 0) is 13.3 Å². The van der Waals surface area contributed by atoms with Crippen molar-refractivity contribution in [1.29, 1.82) is 0 Å². The molecule has 0 aromatic carbocycles. The van der Waals surface area contributed by atoms with E-state index in [9.17, 15) is 0 Å². The summed E-state index contributed by atoms with van der Waals surface area (Å²) in [5, 5.41) is 8.74. The molecule has 0 aliphatic rings. The van der Waals surface area contributed by atoms with Crippen molar-refractivity contribution in [3.05, 3.63) is 0 Å². The quantitative estimate of drug-likeness (QED) is 0.190. The first kappa shape index (κ1) is 26.1. The molecule has 5 heteroatoms. The Hall–Kier alpha value is 0.0569. The molecule has 0 fully saturated rings. The fourth-order valence-corrected chi connectivity index (χ4v) is 6.08. The third-order valence-corrected chi connectivity index (χ3v) is 7.89. The normalized spacial score (nSPS) is 12.0. The molecule has 0 saturated carbocycles. The van der Waals surface area contributed by atoms with E-state index in [2.05, 4.69) is 0 Å². The Labute approximate surface area is 164 Å². The van der Waals surface area contributed by atoms with Crippen molar-refractivity contribution in [2.45, 2.75) is 110 Å². The summed E-state index contributed by atoms with van der Waals surface area (Å²) < 4.78 is 17.7. The van der Waals surface area contributed by atoms with Crippen LogP contribution < -0.4 is 0 Å². The lowest BCUT2D eigenvalue weighted by Gasteiger charge is -2.28. The van der Waals surface area contributed by atoms with Gasteiger partial charge in [-0.2, -0.15) is 0 Å². The summed E-state index contributed by atoms with van der Waals surface area (Å²) in [6, 6.07) is 0.957. The zero-order valence-electron chi connectivity index (χ0n) is 17.9. The number of aliphatic hydroxyl groups excluding tert-OH is 1. The number of hydrogen-bond donors (Lipinski definition) is 1. The summed E-state index contributed by atoms with van der Waals surface area (Å²) in [5.74, 6) is 0. The fraction of sp³-hybridized carbons (Fsp3) is 1.00. The monoisotopic (exact) mass is 390 g/mol. The summed E-state index contributed by atoms with van der Waals surface area (Å²) in [6.45, 7) is 8.44.